The molecule has 1 amide bonds. The van der Waals surface area contributed by atoms with Gasteiger partial charge in [0.05, 0.1) is 17.1 Å². The number of carbonyl (C=O) groups excluding carboxylic acids is 2. The molecule has 0 bridgehead atoms. The van der Waals surface area contributed by atoms with Crippen LogP contribution in [0.1, 0.15) is 33.3 Å². The van der Waals surface area contributed by atoms with Gasteiger partial charge in [-0.3, -0.25) is 9.59 Å². The van der Waals surface area contributed by atoms with Gasteiger partial charge in [0, 0.05) is 24.7 Å². The highest BCUT2D eigenvalue weighted by Crippen LogP contribution is 2.25. The van der Waals surface area contributed by atoms with E-state index in [1.54, 1.807) is 26.0 Å². The van der Waals surface area contributed by atoms with Crippen LogP contribution in [-0.2, 0) is 9.59 Å². The quantitative estimate of drug-likeness (QED) is 0.793. The molecule has 0 radical (unpaired) electrons. The Kier molecular flexibility index (Phi) is 6.50. The SMILES string of the molecule is CCN(CC)c1ccc(N=C2C=CC(=O)C(NC(=O)C(C)C)=C2)c(C)c1. The molecule has 0 aliphatic heterocycles. The van der Waals surface area contributed by atoms with Gasteiger partial charge >= 0.3 is 0 Å². The zero-order valence-electron chi connectivity index (χ0n) is 16.2. The minimum absolute atomic E-state index is 0.181. The number of rotatable bonds is 6. The number of amides is 1. The summed E-state index contributed by atoms with van der Waals surface area (Å²) in [5.41, 5.74) is 3.99. The highest BCUT2D eigenvalue weighted by Gasteiger charge is 2.17. The number of aryl methyl sites for hydroxylation is 1. The summed E-state index contributed by atoms with van der Waals surface area (Å²) in [6, 6.07) is 6.16. The average Bonchev–Trinajstić information content (AvgIpc) is 2.61. The molecular weight excluding hydrogens is 326 g/mol. The molecule has 5 nitrogen and oxygen atoms in total. The molecule has 1 aliphatic rings. The van der Waals surface area contributed by atoms with Gasteiger partial charge in [0.15, 0.2) is 0 Å². The fourth-order valence-corrected chi connectivity index (χ4v) is 2.65. The molecule has 0 aromatic heterocycles. The van der Waals surface area contributed by atoms with Gasteiger partial charge in [0.1, 0.15) is 0 Å². The lowest BCUT2D eigenvalue weighted by Gasteiger charge is -2.21. The molecule has 2 rings (SSSR count). The van der Waals surface area contributed by atoms with Gasteiger partial charge in [-0.05, 0) is 62.8 Å². The fourth-order valence-electron chi connectivity index (χ4n) is 2.65. The first-order chi connectivity index (χ1) is 12.3. The first-order valence-corrected chi connectivity index (χ1v) is 9.05. The highest BCUT2D eigenvalue weighted by molar-refractivity contribution is 6.20. The number of anilines is 1. The molecule has 138 valence electrons. The average molecular weight is 353 g/mol. The summed E-state index contributed by atoms with van der Waals surface area (Å²) >= 11 is 0. The summed E-state index contributed by atoms with van der Waals surface area (Å²) in [6.45, 7) is 11.8. The van der Waals surface area contributed by atoms with Crippen molar-refractivity contribution in [1.82, 2.24) is 5.32 Å². The molecule has 0 atom stereocenters. The molecule has 0 heterocycles. The van der Waals surface area contributed by atoms with Crippen molar-refractivity contribution in [2.24, 2.45) is 10.9 Å². The molecule has 1 aromatic rings. The third kappa shape index (κ3) is 4.69. The van der Waals surface area contributed by atoms with Crippen molar-refractivity contribution in [2.75, 3.05) is 18.0 Å². The Balaban J connectivity index is 2.28. The Morgan fingerprint density at radius 1 is 1.19 bits per heavy atom. The van der Waals surface area contributed by atoms with E-state index in [-0.39, 0.29) is 23.3 Å². The van der Waals surface area contributed by atoms with Gasteiger partial charge in [0.25, 0.3) is 0 Å². The van der Waals surface area contributed by atoms with Crippen molar-refractivity contribution in [2.45, 2.75) is 34.6 Å². The van der Waals surface area contributed by atoms with E-state index in [1.165, 1.54) is 11.8 Å². The third-order valence-corrected chi connectivity index (χ3v) is 4.30. The summed E-state index contributed by atoms with van der Waals surface area (Å²) in [7, 11) is 0. The lowest BCUT2D eigenvalue weighted by atomic mass is 10.1. The predicted molar refractivity (Wildman–Crippen MR) is 107 cm³/mol. The smallest absolute Gasteiger partial charge is 0.227 e. The first kappa shape index (κ1) is 19.6. The Bertz CT molecular complexity index is 784. The standard InChI is InChI=1S/C21H27N3O2/c1-6-24(7-2)17-9-10-18(15(5)12-17)22-16-8-11-20(25)19(13-16)23-21(26)14(3)4/h8-14H,6-7H2,1-5H3,(H,23,26). The number of ketones is 1. The monoisotopic (exact) mass is 353 g/mol. The summed E-state index contributed by atoms with van der Waals surface area (Å²) in [5, 5.41) is 2.67. The maximum Gasteiger partial charge on any atom is 0.227 e. The van der Waals surface area contributed by atoms with Crippen molar-refractivity contribution in [3.8, 4) is 0 Å². The van der Waals surface area contributed by atoms with Crippen molar-refractivity contribution in [3.63, 3.8) is 0 Å². The number of aliphatic imine (C=N–C) groups is 1. The van der Waals surface area contributed by atoms with Gasteiger partial charge < -0.3 is 10.2 Å². The number of nitrogens with zero attached hydrogens (tertiary/aromatic N) is 2. The van der Waals surface area contributed by atoms with Crippen LogP contribution in [-0.4, -0.2) is 30.5 Å². The van der Waals surface area contributed by atoms with Crippen LogP contribution < -0.4 is 10.2 Å². The second-order valence-electron chi connectivity index (χ2n) is 6.58. The summed E-state index contributed by atoms with van der Waals surface area (Å²) in [6.07, 6.45) is 4.74. The molecular formula is C21H27N3O2. The van der Waals surface area contributed by atoms with Crippen molar-refractivity contribution in [3.05, 3.63) is 47.7 Å². The number of benzene rings is 1. The third-order valence-electron chi connectivity index (χ3n) is 4.30. The first-order valence-electron chi connectivity index (χ1n) is 9.05. The van der Waals surface area contributed by atoms with Gasteiger partial charge in [-0.1, -0.05) is 13.8 Å². The van der Waals surface area contributed by atoms with Crippen LogP contribution in [0.15, 0.2) is 47.1 Å². The predicted octanol–water partition coefficient (Wildman–Crippen LogP) is 3.71. The van der Waals surface area contributed by atoms with Crippen LogP contribution in [0.25, 0.3) is 0 Å². The van der Waals surface area contributed by atoms with Gasteiger partial charge in [-0.2, -0.15) is 0 Å². The number of carbonyl (C=O) groups is 2. The van der Waals surface area contributed by atoms with E-state index in [1.807, 2.05) is 13.0 Å². The van der Waals surface area contributed by atoms with Crippen molar-refractivity contribution >= 4 is 28.8 Å². The number of allylic oxidation sites excluding steroid dienone is 3. The molecule has 1 aliphatic carbocycles. The number of hydrogen-bond acceptors (Lipinski definition) is 4. The Morgan fingerprint density at radius 3 is 2.46 bits per heavy atom. The molecule has 0 fully saturated rings. The minimum atomic E-state index is -0.216. The lowest BCUT2D eigenvalue weighted by Crippen LogP contribution is -2.31. The van der Waals surface area contributed by atoms with E-state index < -0.39 is 0 Å². The molecule has 0 spiro atoms. The topological polar surface area (TPSA) is 61.8 Å². The van der Waals surface area contributed by atoms with E-state index in [9.17, 15) is 9.59 Å². The molecule has 5 heteroatoms. The minimum Gasteiger partial charge on any atom is -0.372 e. The van der Waals surface area contributed by atoms with Crippen molar-refractivity contribution < 1.29 is 9.59 Å². The Morgan fingerprint density at radius 2 is 1.88 bits per heavy atom. The van der Waals surface area contributed by atoms with Crippen LogP contribution in [0.5, 0.6) is 0 Å². The molecule has 1 aromatic carbocycles. The Hall–Kier alpha value is -2.69. The van der Waals surface area contributed by atoms with Crippen LogP contribution in [0.4, 0.5) is 11.4 Å². The molecule has 26 heavy (non-hydrogen) atoms. The molecule has 1 N–H and O–H groups in total. The molecule has 0 unspecified atom stereocenters. The van der Waals surface area contributed by atoms with Crippen molar-refractivity contribution in [1.29, 1.82) is 0 Å². The zero-order valence-corrected chi connectivity index (χ0v) is 16.2. The fraction of sp³-hybridized carbons (Fsp3) is 0.381. The molecule has 0 saturated heterocycles. The summed E-state index contributed by atoms with van der Waals surface area (Å²) in [5.74, 6) is -0.588. The normalized spacial score (nSPS) is 15.4. The van der Waals surface area contributed by atoms with Crippen LogP contribution >= 0.6 is 0 Å². The van der Waals surface area contributed by atoms with Crippen LogP contribution in [0, 0.1) is 12.8 Å². The van der Waals surface area contributed by atoms with E-state index >= 15 is 0 Å². The largest absolute Gasteiger partial charge is 0.372 e. The zero-order chi connectivity index (χ0) is 19.3. The van der Waals surface area contributed by atoms with E-state index in [4.69, 9.17) is 0 Å². The van der Waals surface area contributed by atoms with Gasteiger partial charge in [-0.15, -0.1) is 0 Å². The van der Waals surface area contributed by atoms with Crippen LogP contribution in [0.2, 0.25) is 0 Å². The summed E-state index contributed by atoms with van der Waals surface area (Å²) < 4.78 is 0. The second kappa shape index (κ2) is 8.61. The number of hydrogen-bond donors (Lipinski definition) is 1. The number of nitrogens with one attached hydrogen (secondary N) is 1. The van der Waals surface area contributed by atoms with E-state index in [0.29, 0.717) is 5.71 Å². The van der Waals surface area contributed by atoms with Gasteiger partial charge in [-0.25, -0.2) is 4.99 Å². The Labute approximate surface area is 155 Å². The highest BCUT2D eigenvalue weighted by atomic mass is 16.2. The van der Waals surface area contributed by atoms with Crippen LogP contribution in [0.3, 0.4) is 0 Å². The van der Waals surface area contributed by atoms with Gasteiger partial charge in [0.2, 0.25) is 11.7 Å². The van der Waals surface area contributed by atoms with E-state index in [0.717, 1.165) is 24.3 Å². The second-order valence-corrected chi connectivity index (χ2v) is 6.58. The summed E-state index contributed by atoms with van der Waals surface area (Å²) in [4.78, 5) is 30.8. The molecule has 0 saturated carbocycles. The lowest BCUT2D eigenvalue weighted by molar-refractivity contribution is -0.124. The maximum absolute atomic E-state index is 12.0. The maximum atomic E-state index is 12.0. The van der Waals surface area contributed by atoms with E-state index in [2.05, 4.69) is 41.2 Å².